The molecule has 1 rings (SSSR count). The molecule has 4 heteroatoms. The third-order valence-electron chi connectivity index (χ3n) is 2.56. The first kappa shape index (κ1) is 12.8. The molecule has 0 aromatic heterocycles. The highest BCUT2D eigenvalue weighted by Gasteiger charge is 2.07. The Morgan fingerprint density at radius 3 is 2.44 bits per heavy atom. The van der Waals surface area contributed by atoms with Gasteiger partial charge in [-0.25, -0.2) is 0 Å². The number of nitrogens with two attached hydrogens (primary N) is 1. The Labute approximate surface area is 102 Å². The van der Waals surface area contributed by atoms with Crippen LogP contribution in [0, 0.1) is 0 Å². The zero-order valence-corrected chi connectivity index (χ0v) is 10.5. The van der Waals surface area contributed by atoms with E-state index in [0.29, 0.717) is 11.4 Å². The fourth-order valence-electron chi connectivity index (χ4n) is 1.67. The lowest BCUT2D eigenvalue weighted by molar-refractivity contribution is 0.470. The zero-order chi connectivity index (χ0) is 12.1. The summed E-state index contributed by atoms with van der Waals surface area (Å²) in [6, 6.07) is 5.63. The average molecular weight is 238 g/mol. The summed E-state index contributed by atoms with van der Waals surface area (Å²) in [7, 11) is 0. The van der Waals surface area contributed by atoms with Crippen LogP contribution in [-0.2, 0) is 6.42 Å². The maximum absolute atomic E-state index is 9.84. The Morgan fingerprint density at radius 1 is 1.38 bits per heavy atom. The van der Waals surface area contributed by atoms with Gasteiger partial charge >= 0.3 is 0 Å². The van der Waals surface area contributed by atoms with Crippen molar-refractivity contribution in [1.82, 2.24) is 0 Å². The monoisotopic (exact) mass is 238 g/mol. The normalized spacial score (nSPS) is 10.1. The van der Waals surface area contributed by atoms with Crippen LogP contribution in [0.25, 0.3) is 0 Å². The molecule has 0 aliphatic carbocycles. The van der Waals surface area contributed by atoms with Gasteiger partial charge in [0.25, 0.3) is 0 Å². The van der Waals surface area contributed by atoms with Crippen molar-refractivity contribution in [2.24, 2.45) is 5.73 Å². The minimum absolute atomic E-state index is 0.261. The lowest BCUT2D eigenvalue weighted by atomic mass is 10.1. The van der Waals surface area contributed by atoms with Crippen molar-refractivity contribution in [2.75, 3.05) is 18.0 Å². The number of hydrogen-bond donors (Lipinski definition) is 2. The molecule has 3 N–H and O–H groups in total. The molecule has 88 valence electrons. The van der Waals surface area contributed by atoms with Gasteiger partial charge < -0.3 is 15.7 Å². The molecular weight excluding hydrogens is 220 g/mol. The van der Waals surface area contributed by atoms with Gasteiger partial charge in [0.05, 0.1) is 4.99 Å². The molecule has 0 aliphatic rings. The molecular formula is C12H18N2OS. The van der Waals surface area contributed by atoms with Gasteiger partial charge in [0, 0.05) is 36.8 Å². The molecule has 3 nitrogen and oxygen atoms in total. The van der Waals surface area contributed by atoms with Crippen LogP contribution in [0.5, 0.6) is 5.75 Å². The molecule has 1 aromatic carbocycles. The minimum Gasteiger partial charge on any atom is -0.508 e. The van der Waals surface area contributed by atoms with E-state index in [0.717, 1.165) is 24.3 Å². The van der Waals surface area contributed by atoms with Gasteiger partial charge in [-0.3, -0.25) is 0 Å². The van der Waals surface area contributed by atoms with E-state index in [1.54, 1.807) is 6.07 Å². The maximum atomic E-state index is 9.84. The summed E-state index contributed by atoms with van der Waals surface area (Å²) in [6.07, 6.45) is 0.444. The van der Waals surface area contributed by atoms with Crippen molar-refractivity contribution in [2.45, 2.75) is 20.3 Å². The van der Waals surface area contributed by atoms with Crippen molar-refractivity contribution in [3.05, 3.63) is 23.8 Å². The van der Waals surface area contributed by atoms with Crippen LogP contribution >= 0.6 is 12.2 Å². The number of nitrogens with zero attached hydrogens (tertiary/aromatic N) is 1. The molecule has 0 spiro atoms. The summed E-state index contributed by atoms with van der Waals surface area (Å²) < 4.78 is 0. The minimum atomic E-state index is 0.261. The van der Waals surface area contributed by atoms with Gasteiger partial charge in [0.1, 0.15) is 5.75 Å². The molecule has 1 aromatic rings. The van der Waals surface area contributed by atoms with Gasteiger partial charge in [-0.05, 0) is 19.9 Å². The summed E-state index contributed by atoms with van der Waals surface area (Å²) in [5.74, 6) is 0.261. The third kappa shape index (κ3) is 3.10. The topological polar surface area (TPSA) is 49.5 Å². The highest BCUT2D eigenvalue weighted by Crippen LogP contribution is 2.25. The smallest absolute Gasteiger partial charge is 0.121 e. The van der Waals surface area contributed by atoms with E-state index in [2.05, 4.69) is 18.7 Å². The Morgan fingerprint density at radius 2 is 2.00 bits per heavy atom. The van der Waals surface area contributed by atoms with E-state index in [1.807, 2.05) is 12.1 Å². The van der Waals surface area contributed by atoms with Crippen molar-refractivity contribution >= 4 is 22.9 Å². The number of aromatic hydroxyl groups is 1. The molecule has 0 bridgehead atoms. The number of benzene rings is 1. The number of rotatable bonds is 5. The molecule has 0 aliphatic heterocycles. The van der Waals surface area contributed by atoms with Crippen molar-refractivity contribution in [3.63, 3.8) is 0 Å². The Balaban J connectivity index is 2.93. The predicted octanol–water partition coefficient (Wildman–Crippen LogP) is 2.07. The first-order chi connectivity index (χ1) is 7.58. The molecule has 0 heterocycles. The van der Waals surface area contributed by atoms with Crippen LogP contribution in [0.2, 0.25) is 0 Å². The Hall–Kier alpha value is -1.29. The van der Waals surface area contributed by atoms with Crippen LogP contribution < -0.4 is 10.6 Å². The third-order valence-corrected chi connectivity index (χ3v) is 2.71. The molecule has 0 atom stereocenters. The standard InChI is InChI=1S/C12H18N2OS/c1-3-14(4-2)10-6-5-9(7-12(13)16)11(15)8-10/h5-6,8,15H,3-4,7H2,1-2H3,(H2,13,16). The lowest BCUT2D eigenvalue weighted by Gasteiger charge is -2.21. The molecule has 0 radical (unpaired) electrons. The second-order valence-corrected chi connectivity index (χ2v) is 4.15. The quantitative estimate of drug-likeness (QED) is 0.771. The van der Waals surface area contributed by atoms with Crippen molar-refractivity contribution in [3.8, 4) is 5.75 Å². The van der Waals surface area contributed by atoms with Crippen LogP contribution in [-0.4, -0.2) is 23.2 Å². The van der Waals surface area contributed by atoms with E-state index in [9.17, 15) is 5.11 Å². The highest BCUT2D eigenvalue weighted by atomic mass is 32.1. The van der Waals surface area contributed by atoms with E-state index >= 15 is 0 Å². The molecule has 0 saturated heterocycles. The number of phenolic OH excluding ortho intramolecular Hbond substituents is 1. The van der Waals surface area contributed by atoms with Gasteiger partial charge in [-0.2, -0.15) is 0 Å². The maximum Gasteiger partial charge on any atom is 0.121 e. The van der Waals surface area contributed by atoms with Crippen molar-refractivity contribution < 1.29 is 5.11 Å². The fourth-order valence-corrected chi connectivity index (χ4v) is 1.83. The number of phenols is 1. The Kier molecular flexibility index (Phi) is 4.55. The summed E-state index contributed by atoms with van der Waals surface area (Å²) in [5.41, 5.74) is 7.26. The van der Waals surface area contributed by atoms with Gasteiger partial charge in [0.15, 0.2) is 0 Å². The van der Waals surface area contributed by atoms with Gasteiger partial charge in [-0.1, -0.05) is 18.3 Å². The second kappa shape index (κ2) is 5.70. The number of anilines is 1. The second-order valence-electron chi connectivity index (χ2n) is 3.63. The first-order valence-electron chi connectivity index (χ1n) is 5.43. The van der Waals surface area contributed by atoms with Crippen LogP contribution in [0.4, 0.5) is 5.69 Å². The van der Waals surface area contributed by atoms with E-state index in [-0.39, 0.29) is 5.75 Å². The molecule has 16 heavy (non-hydrogen) atoms. The van der Waals surface area contributed by atoms with Gasteiger partial charge in [-0.15, -0.1) is 0 Å². The zero-order valence-electron chi connectivity index (χ0n) is 9.73. The lowest BCUT2D eigenvalue weighted by Crippen LogP contribution is -2.21. The fraction of sp³-hybridized carbons (Fsp3) is 0.417. The molecule has 0 amide bonds. The van der Waals surface area contributed by atoms with E-state index in [4.69, 9.17) is 18.0 Å². The molecule has 0 fully saturated rings. The van der Waals surface area contributed by atoms with Crippen LogP contribution in [0.1, 0.15) is 19.4 Å². The average Bonchev–Trinajstić information content (AvgIpc) is 2.23. The summed E-state index contributed by atoms with van der Waals surface area (Å²) in [6.45, 7) is 6.02. The van der Waals surface area contributed by atoms with E-state index < -0.39 is 0 Å². The van der Waals surface area contributed by atoms with Crippen molar-refractivity contribution in [1.29, 1.82) is 0 Å². The Bertz CT molecular complexity index is 375. The summed E-state index contributed by atoms with van der Waals surface area (Å²) in [4.78, 5) is 2.57. The van der Waals surface area contributed by atoms with Gasteiger partial charge in [0.2, 0.25) is 0 Å². The number of thiocarbonyl (C=S) groups is 1. The van der Waals surface area contributed by atoms with Crippen LogP contribution in [0.15, 0.2) is 18.2 Å². The number of hydrogen-bond acceptors (Lipinski definition) is 3. The van der Waals surface area contributed by atoms with Crippen LogP contribution in [0.3, 0.4) is 0 Å². The summed E-state index contributed by atoms with van der Waals surface area (Å²) >= 11 is 4.82. The molecule has 0 unspecified atom stereocenters. The highest BCUT2D eigenvalue weighted by molar-refractivity contribution is 7.80. The molecule has 0 saturated carbocycles. The largest absolute Gasteiger partial charge is 0.508 e. The first-order valence-corrected chi connectivity index (χ1v) is 5.84. The predicted molar refractivity (Wildman–Crippen MR) is 72.2 cm³/mol. The SMILES string of the molecule is CCN(CC)c1ccc(CC(N)=S)c(O)c1. The van der Waals surface area contributed by atoms with E-state index in [1.165, 1.54) is 0 Å². The summed E-state index contributed by atoms with van der Waals surface area (Å²) in [5, 5.41) is 9.84.